The van der Waals surface area contributed by atoms with E-state index >= 15 is 0 Å². The van der Waals surface area contributed by atoms with Crippen molar-refractivity contribution in [2.75, 3.05) is 20.0 Å². The highest BCUT2D eigenvalue weighted by atomic mass is 16.6. The van der Waals surface area contributed by atoms with Crippen molar-refractivity contribution in [3.05, 3.63) is 57.5 Å². The van der Waals surface area contributed by atoms with Gasteiger partial charge in [-0.25, -0.2) is 4.79 Å². The van der Waals surface area contributed by atoms with Crippen molar-refractivity contribution < 1.29 is 19.0 Å². The predicted molar refractivity (Wildman–Crippen MR) is 113 cm³/mol. The van der Waals surface area contributed by atoms with Crippen molar-refractivity contribution in [2.45, 2.75) is 12.8 Å². The van der Waals surface area contributed by atoms with Crippen LogP contribution in [0.1, 0.15) is 21.5 Å². The number of aryl methyl sites for hydroxylation is 2. The zero-order valence-corrected chi connectivity index (χ0v) is 17.2. The van der Waals surface area contributed by atoms with Gasteiger partial charge in [0.05, 0.1) is 25.2 Å². The summed E-state index contributed by atoms with van der Waals surface area (Å²) in [5.74, 6) is -0.578. The van der Waals surface area contributed by atoms with Crippen LogP contribution in [0.25, 0.3) is 11.0 Å². The minimum Gasteiger partial charge on any atom is -0.467 e. The van der Waals surface area contributed by atoms with Gasteiger partial charge in [0.25, 0.3) is 5.56 Å². The average molecular weight is 437 g/mol. The van der Waals surface area contributed by atoms with E-state index in [4.69, 9.17) is 19.9 Å². The van der Waals surface area contributed by atoms with Gasteiger partial charge >= 0.3 is 24.0 Å². The van der Waals surface area contributed by atoms with E-state index in [9.17, 15) is 9.59 Å². The molecule has 0 radical (unpaired) electrons. The number of ether oxygens (including phenoxy) is 3. The summed E-state index contributed by atoms with van der Waals surface area (Å²) in [6, 6.07) is 6.57. The Labute approximate surface area is 180 Å². The summed E-state index contributed by atoms with van der Waals surface area (Å²) in [5.41, 5.74) is 7.85. The van der Waals surface area contributed by atoms with Gasteiger partial charge in [0.2, 0.25) is 5.95 Å². The van der Waals surface area contributed by atoms with Crippen LogP contribution in [-0.4, -0.2) is 50.1 Å². The molecule has 0 aliphatic heterocycles. The Morgan fingerprint density at radius 3 is 2.28 bits per heavy atom. The predicted octanol–water partition coefficient (Wildman–Crippen LogP) is 1.04. The quantitative estimate of drug-likeness (QED) is 0.355. The maximum Gasteiger partial charge on any atom is 0.345 e. The van der Waals surface area contributed by atoms with Crippen LogP contribution in [0.4, 0.5) is 5.95 Å². The van der Waals surface area contributed by atoms with Crippen molar-refractivity contribution in [1.82, 2.24) is 29.9 Å². The second-order valence-corrected chi connectivity index (χ2v) is 6.67. The fourth-order valence-electron chi connectivity index (χ4n) is 3.09. The number of aromatic amines is 2. The van der Waals surface area contributed by atoms with Crippen molar-refractivity contribution in [3.8, 4) is 18.0 Å². The first kappa shape index (κ1) is 20.8. The molecule has 0 aliphatic rings. The van der Waals surface area contributed by atoms with Gasteiger partial charge in [-0.05, 0) is 36.1 Å². The largest absolute Gasteiger partial charge is 0.467 e. The lowest BCUT2D eigenvalue weighted by molar-refractivity contribution is 0.0716. The number of hydrogen-bond acceptors (Lipinski definition) is 10. The Hall–Kier alpha value is -4.48. The third-order valence-corrected chi connectivity index (χ3v) is 4.64. The highest BCUT2D eigenvalue weighted by molar-refractivity contribution is 5.90. The Morgan fingerprint density at radius 1 is 0.969 bits per heavy atom. The van der Waals surface area contributed by atoms with Crippen LogP contribution in [0.15, 0.2) is 35.3 Å². The van der Waals surface area contributed by atoms with E-state index in [0.717, 1.165) is 11.1 Å². The lowest BCUT2D eigenvalue weighted by Gasteiger charge is -2.06. The van der Waals surface area contributed by atoms with Crippen LogP contribution < -0.4 is 25.5 Å². The smallest absolute Gasteiger partial charge is 0.345 e. The molecule has 0 atom stereocenters. The maximum absolute atomic E-state index is 12.4. The van der Waals surface area contributed by atoms with Gasteiger partial charge in [0.15, 0.2) is 0 Å². The molecule has 3 aromatic heterocycles. The van der Waals surface area contributed by atoms with Crippen LogP contribution >= 0.6 is 0 Å². The highest BCUT2D eigenvalue weighted by Crippen LogP contribution is 2.17. The maximum atomic E-state index is 12.4. The lowest BCUT2D eigenvalue weighted by atomic mass is 10.0. The fourth-order valence-corrected chi connectivity index (χ4v) is 3.09. The minimum atomic E-state index is -0.640. The number of benzene rings is 1. The van der Waals surface area contributed by atoms with Crippen molar-refractivity contribution in [3.63, 3.8) is 0 Å². The topological polar surface area (TPSA) is 171 Å². The number of aromatic nitrogens is 6. The SMILES string of the molecule is COc1nc(OC)nc(OC(=O)c2ccc(CCc3c[nH]c4nc(N)[nH]c(=O)c34)cc2)n1. The summed E-state index contributed by atoms with van der Waals surface area (Å²) in [6.07, 6.45) is 2.99. The lowest BCUT2D eigenvalue weighted by Crippen LogP contribution is -2.12. The zero-order valence-electron chi connectivity index (χ0n) is 17.2. The molecule has 3 heterocycles. The molecule has 0 spiro atoms. The monoisotopic (exact) mass is 437 g/mol. The van der Waals surface area contributed by atoms with Gasteiger partial charge in [0, 0.05) is 6.20 Å². The van der Waals surface area contributed by atoms with Crippen LogP contribution in [0, 0.1) is 0 Å². The Bertz CT molecular complexity index is 1310. The number of fused-ring (bicyclic) bond motifs is 1. The number of rotatable bonds is 7. The molecule has 4 rings (SSSR count). The third kappa shape index (κ3) is 4.33. The van der Waals surface area contributed by atoms with Crippen LogP contribution in [-0.2, 0) is 12.8 Å². The molecular formula is C20H19N7O5. The highest BCUT2D eigenvalue weighted by Gasteiger charge is 2.15. The summed E-state index contributed by atoms with van der Waals surface area (Å²) >= 11 is 0. The number of H-pyrrole nitrogens is 2. The molecule has 12 heteroatoms. The third-order valence-electron chi connectivity index (χ3n) is 4.64. The number of nitrogens with two attached hydrogens (primary N) is 1. The molecule has 0 amide bonds. The summed E-state index contributed by atoms with van der Waals surface area (Å²) < 4.78 is 15.1. The van der Waals surface area contributed by atoms with E-state index in [2.05, 4.69) is 29.9 Å². The molecule has 0 aliphatic carbocycles. The van der Waals surface area contributed by atoms with Gasteiger partial charge in [-0.3, -0.25) is 9.78 Å². The van der Waals surface area contributed by atoms with Crippen molar-refractivity contribution >= 4 is 23.0 Å². The molecular weight excluding hydrogens is 418 g/mol. The first-order chi connectivity index (χ1) is 15.5. The normalized spacial score (nSPS) is 10.8. The molecule has 0 saturated heterocycles. The standard InChI is InChI=1S/C20H19N7O5/c1-30-18-25-19(31-2)27-20(26-18)32-16(29)11-6-3-10(4-7-11)5-8-12-9-22-14-13(12)15(28)24-17(21)23-14/h3-4,6-7,9H,5,8H2,1-2H3,(H4,21,22,23,24,28). The van der Waals surface area contributed by atoms with Crippen molar-refractivity contribution in [2.24, 2.45) is 0 Å². The van der Waals surface area contributed by atoms with E-state index in [-0.39, 0.29) is 29.5 Å². The van der Waals surface area contributed by atoms with Crippen LogP contribution in [0.2, 0.25) is 0 Å². The van der Waals surface area contributed by atoms with E-state index in [0.29, 0.717) is 29.4 Å². The number of anilines is 1. The van der Waals surface area contributed by atoms with Gasteiger partial charge in [0.1, 0.15) is 5.65 Å². The van der Waals surface area contributed by atoms with E-state index in [1.807, 2.05) is 0 Å². The average Bonchev–Trinajstić information content (AvgIpc) is 3.20. The molecule has 4 aromatic rings. The second kappa shape index (κ2) is 8.71. The molecule has 0 saturated carbocycles. The number of nitrogens with zero attached hydrogens (tertiary/aromatic N) is 4. The number of hydrogen-bond donors (Lipinski definition) is 3. The van der Waals surface area contributed by atoms with Gasteiger partial charge in [-0.1, -0.05) is 12.1 Å². The Morgan fingerprint density at radius 2 is 1.62 bits per heavy atom. The Kier molecular flexibility index (Phi) is 5.66. The number of esters is 1. The number of nitrogen functional groups attached to an aromatic ring is 1. The van der Waals surface area contributed by atoms with Gasteiger partial charge in [-0.15, -0.1) is 15.0 Å². The number of carbonyl (C=O) groups excluding carboxylic acids is 1. The van der Waals surface area contributed by atoms with E-state index < -0.39 is 5.97 Å². The molecule has 12 nitrogen and oxygen atoms in total. The first-order valence-corrected chi connectivity index (χ1v) is 9.47. The molecule has 0 bridgehead atoms. The van der Waals surface area contributed by atoms with E-state index in [1.165, 1.54) is 14.2 Å². The van der Waals surface area contributed by atoms with Gasteiger partial charge in [-0.2, -0.15) is 4.98 Å². The molecule has 0 unspecified atom stereocenters. The van der Waals surface area contributed by atoms with E-state index in [1.54, 1.807) is 30.5 Å². The molecule has 164 valence electrons. The second-order valence-electron chi connectivity index (χ2n) is 6.67. The molecule has 1 aromatic carbocycles. The molecule has 4 N–H and O–H groups in total. The number of nitrogens with one attached hydrogen (secondary N) is 2. The van der Waals surface area contributed by atoms with Crippen molar-refractivity contribution in [1.29, 1.82) is 0 Å². The van der Waals surface area contributed by atoms with Gasteiger partial charge < -0.3 is 24.9 Å². The zero-order chi connectivity index (χ0) is 22.7. The number of methoxy groups -OCH3 is 2. The summed E-state index contributed by atoms with van der Waals surface area (Å²) in [4.78, 5) is 45.7. The summed E-state index contributed by atoms with van der Waals surface area (Å²) in [6.45, 7) is 0. The summed E-state index contributed by atoms with van der Waals surface area (Å²) in [5, 5.41) is 0.489. The summed E-state index contributed by atoms with van der Waals surface area (Å²) in [7, 11) is 2.74. The number of carbonyl (C=O) groups is 1. The van der Waals surface area contributed by atoms with Crippen LogP contribution in [0.3, 0.4) is 0 Å². The fraction of sp³-hybridized carbons (Fsp3) is 0.200. The Balaban J connectivity index is 1.43. The minimum absolute atomic E-state index is 0.0380. The molecule has 32 heavy (non-hydrogen) atoms. The molecule has 0 fully saturated rings. The first-order valence-electron chi connectivity index (χ1n) is 9.47. The van der Waals surface area contributed by atoms with Crippen LogP contribution in [0.5, 0.6) is 18.0 Å².